The van der Waals surface area contributed by atoms with Crippen LogP contribution in [0.5, 0.6) is 0 Å². The Balaban J connectivity index is 2.38. The molecule has 0 spiro atoms. The van der Waals surface area contributed by atoms with Crippen molar-refractivity contribution in [3.8, 4) is 0 Å². The summed E-state index contributed by atoms with van der Waals surface area (Å²) >= 11 is 0. The lowest BCUT2D eigenvalue weighted by molar-refractivity contribution is -0.121. The largest absolute Gasteiger partial charge is 0.299 e. The maximum Gasteiger partial charge on any atom is 0.140 e. The highest BCUT2D eigenvalue weighted by Crippen LogP contribution is 2.50. The average Bonchev–Trinajstić information content (AvgIpc) is 2.29. The first-order valence-electron chi connectivity index (χ1n) is 4.83. The number of allylic oxidation sites excluding steroid dienone is 2. The summed E-state index contributed by atoms with van der Waals surface area (Å²) < 4.78 is 0. The molecule has 12 heavy (non-hydrogen) atoms. The summed E-state index contributed by atoms with van der Waals surface area (Å²) in [5.41, 5.74) is 1.64. The monoisotopic (exact) mass is 164 g/mol. The summed E-state index contributed by atoms with van der Waals surface area (Å²) in [5.74, 6) is 0.747. The van der Waals surface area contributed by atoms with Crippen LogP contribution in [0.4, 0.5) is 0 Å². The van der Waals surface area contributed by atoms with Gasteiger partial charge < -0.3 is 0 Å². The van der Waals surface area contributed by atoms with Gasteiger partial charge in [0.05, 0.1) is 0 Å². The minimum Gasteiger partial charge on any atom is -0.299 e. The molecule has 0 aromatic heterocycles. The van der Waals surface area contributed by atoms with Crippen LogP contribution in [0.2, 0.25) is 0 Å². The Hall–Kier alpha value is -0.590. The fraction of sp³-hybridized carbons (Fsp3) is 0.727. The number of carbonyl (C=O) groups is 1. The number of hydrogen-bond donors (Lipinski definition) is 0. The molecule has 0 radical (unpaired) electrons. The van der Waals surface area contributed by atoms with Crippen molar-refractivity contribution in [2.45, 2.75) is 39.5 Å². The van der Waals surface area contributed by atoms with Gasteiger partial charge in [0.2, 0.25) is 0 Å². The summed E-state index contributed by atoms with van der Waals surface area (Å²) in [4.78, 5) is 11.6. The highest BCUT2D eigenvalue weighted by Gasteiger charge is 2.45. The average molecular weight is 164 g/mol. The van der Waals surface area contributed by atoms with E-state index in [-0.39, 0.29) is 5.92 Å². The Morgan fingerprint density at radius 3 is 2.92 bits per heavy atom. The van der Waals surface area contributed by atoms with E-state index in [0.29, 0.717) is 11.2 Å². The van der Waals surface area contributed by atoms with Gasteiger partial charge in [-0.2, -0.15) is 0 Å². The van der Waals surface area contributed by atoms with Crippen LogP contribution in [-0.4, -0.2) is 5.78 Å². The van der Waals surface area contributed by atoms with Crippen molar-refractivity contribution >= 4 is 5.78 Å². The van der Waals surface area contributed by atoms with E-state index in [1.54, 1.807) is 0 Å². The van der Waals surface area contributed by atoms with E-state index < -0.39 is 0 Å². The van der Waals surface area contributed by atoms with Crippen molar-refractivity contribution in [3.05, 3.63) is 11.6 Å². The number of rotatable bonds is 0. The smallest absolute Gasteiger partial charge is 0.140 e. The zero-order valence-electron chi connectivity index (χ0n) is 7.89. The third-order valence-corrected chi connectivity index (χ3v) is 3.60. The fourth-order valence-corrected chi connectivity index (χ4v) is 2.91. The third kappa shape index (κ3) is 0.954. The third-order valence-electron chi connectivity index (χ3n) is 3.60. The zero-order valence-corrected chi connectivity index (χ0v) is 7.89. The lowest BCUT2D eigenvalue weighted by Crippen LogP contribution is -2.29. The molecule has 0 bridgehead atoms. The molecule has 2 aliphatic carbocycles. The van der Waals surface area contributed by atoms with Crippen LogP contribution in [0.25, 0.3) is 0 Å². The lowest BCUT2D eigenvalue weighted by atomic mass is 9.69. The highest BCUT2D eigenvalue weighted by molar-refractivity contribution is 5.87. The quantitative estimate of drug-likeness (QED) is 0.503. The molecular formula is C11H16O. The van der Waals surface area contributed by atoms with Crippen molar-refractivity contribution in [2.75, 3.05) is 0 Å². The van der Waals surface area contributed by atoms with Gasteiger partial charge in [0.15, 0.2) is 0 Å². The topological polar surface area (TPSA) is 17.1 Å². The number of carbonyl (C=O) groups excluding carboxylic acids is 1. The zero-order chi connectivity index (χ0) is 8.77. The van der Waals surface area contributed by atoms with Gasteiger partial charge >= 0.3 is 0 Å². The van der Waals surface area contributed by atoms with Crippen LogP contribution in [-0.2, 0) is 4.79 Å². The maximum absolute atomic E-state index is 11.6. The second-order valence-electron chi connectivity index (χ2n) is 4.54. The first-order chi connectivity index (χ1) is 5.63. The van der Waals surface area contributed by atoms with Crippen LogP contribution in [0.1, 0.15) is 39.5 Å². The number of Topliss-reactive ketones (excluding diaryl/α,β-unsaturated/α-hetero) is 1. The predicted octanol–water partition coefficient (Wildman–Crippen LogP) is 2.71. The molecule has 66 valence electrons. The van der Waals surface area contributed by atoms with Gasteiger partial charge in [0.1, 0.15) is 5.78 Å². The van der Waals surface area contributed by atoms with Gasteiger partial charge in [-0.1, -0.05) is 18.6 Å². The van der Waals surface area contributed by atoms with E-state index in [0.717, 1.165) is 12.8 Å². The van der Waals surface area contributed by atoms with Crippen LogP contribution < -0.4 is 0 Å². The molecule has 0 N–H and O–H groups in total. The molecule has 1 fully saturated rings. The van der Waals surface area contributed by atoms with Crippen molar-refractivity contribution in [3.63, 3.8) is 0 Å². The van der Waals surface area contributed by atoms with Crippen molar-refractivity contribution in [2.24, 2.45) is 11.3 Å². The van der Waals surface area contributed by atoms with Crippen LogP contribution >= 0.6 is 0 Å². The van der Waals surface area contributed by atoms with Crippen LogP contribution in [0.3, 0.4) is 0 Å². The Morgan fingerprint density at radius 1 is 1.50 bits per heavy atom. The van der Waals surface area contributed by atoms with Gasteiger partial charge in [-0.15, -0.1) is 0 Å². The van der Waals surface area contributed by atoms with Crippen molar-refractivity contribution in [1.82, 2.24) is 0 Å². The standard InChI is InChI=1S/C11H16O/c1-8-4-3-6-11(2)7-5-9(12)10(8)11/h4,10H,3,5-7H2,1-2H3/t10-,11+/m0/s1. The van der Waals surface area contributed by atoms with E-state index in [9.17, 15) is 4.79 Å². The SMILES string of the molecule is CC1=CCC[C@]2(C)CCC(=O)[C@H]12. The molecule has 1 nitrogen and oxygen atoms in total. The molecule has 2 aliphatic rings. The normalized spacial score (nSPS) is 41.0. The first kappa shape index (κ1) is 8.03. The Kier molecular flexibility index (Phi) is 1.64. The summed E-state index contributed by atoms with van der Waals surface area (Å²) in [6.07, 6.45) is 6.55. The Bertz CT molecular complexity index is 252. The summed E-state index contributed by atoms with van der Waals surface area (Å²) in [6, 6.07) is 0. The molecule has 1 heteroatoms. The summed E-state index contributed by atoms with van der Waals surface area (Å²) in [7, 11) is 0. The van der Waals surface area contributed by atoms with Gasteiger partial charge in [0, 0.05) is 12.3 Å². The Morgan fingerprint density at radius 2 is 2.25 bits per heavy atom. The van der Waals surface area contributed by atoms with E-state index in [1.807, 2.05) is 0 Å². The first-order valence-corrected chi connectivity index (χ1v) is 4.83. The minimum absolute atomic E-state index is 0.270. The van der Waals surface area contributed by atoms with Gasteiger partial charge in [-0.3, -0.25) is 4.79 Å². The molecule has 0 aromatic carbocycles. The number of hydrogen-bond acceptors (Lipinski definition) is 1. The molecule has 1 saturated carbocycles. The molecule has 2 rings (SSSR count). The number of ketones is 1. The predicted molar refractivity (Wildman–Crippen MR) is 48.8 cm³/mol. The van der Waals surface area contributed by atoms with Gasteiger partial charge in [-0.05, 0) is 31.6 Å². The molecule has 0 unspecified atom stereocenters. The lowest BCUT2D eigenvalue weighted by Gasteiger charge is -2.34. The fourth-order valence-electron chi connectivity index (χ4n) is 2.91. The van der Waals surface area contributed by atoms with E-state index >= 15 is 0 Å². The molecule has 0 saturated heterocycles. The second-order valence-corrected chi connectivity index (χ2v) is 4.54. The Labute approximate surface area is 73.8 Å². The molecule has 0 amide bonds. The molecule has 0 heterocycles. The molecular weight excluding hydrogens is 148 g/mol. The second kappa shape index (κ2) is 2.45. The maximum atomic E-state index is 11.6. The van der Waals surface area contributed by atoms with E-state index in [1.165, 1.54) is 18.4 Å². The van der Waals surface area contributed by atoms with Crippen LogP contribution in [0.15, 0.2) is 11.6 Å². The number of fused-ring (bicyclic) bond motifs is 1. The van der Waals surface area contributed by atoms with E-state index in [4.69, 9.17) is 0 Å². The van der Waals surface area contributed by atoms with Gasteiger partial charge in [0.25, 0.3) is 0 Å². The molecule has 2 atom stereocenters. The van der Waals surface area contributed by atoms with Gasteiger partial charge in [-0.25, -0.2) is 0 Å². The molecule has 0 aromatic rings. The summed E-state index contributed by atoms with van der Waals surface area (Å²) in [5, 5.41) is 0. The minimum atomic E-state index is 0.270. The molecule has 0 aliphatic heterocycles. The van der Waals surface area contributed by atoms with Crippen molar-refractivity contribution < 1.29 is 4.79 Å². The highest BCUT2D eigenvalue weighted by atomic mass is 16.1. The van der Waals surface area contributed by atoms with Crippen LogP contribution in [0, 0.1) is 11.3 Å². The van der Waals surface area contributed by atoms with E-state index in [2.05, 4.69) is 19.9 Å². The van der Waals surface area contributed by atoms with Crippen molar-refractivity contribution in [1.29, 1.82) is 0 Å². The summed E-state index contributed by atoms with van der Waals surface area (Å²) in [6.45, 7) is 4.39.